The number of aliphatic hydroxyl groups excluding tert-OH is 1. The van der Waals surface area contributed by atoms with Crippen molar-refractivity contribution in [3.8, 4) is 0 Å². The van der Waals surface area contributed by atoms with E-state index in [1.165, 1.54) is 0 Å². The van der Waals surface area contributed by atoms with Crippen molar-refractivity contribution in [3.05, 3.63) is 0 Å². The van der Waals surface area contributed by atoms with Crippen molar-refractivity contribution >= 4 is 8.32 Å². The molecule has 120 valence electrons. The molecule has 0 spiro atoms. The zero-order valence-corrected chi connectivity index (χ0v) is 15.5. The van der Waals surface area contributed by atoms with Crippen LogP contribution >= 0.6 is 0 Å². The van der Waals surface area contributed by atoms with Crippen molar-refractivity contribution in [2.24, 2.45) is 5.92 Å². The van der Waals surface area contributed by atoms with Gasteiger partial charge in [-0.25, -0.2) is 0 Å². The van der Waals surface area contributed by atoms with Gasteiger partial charge in [0, 0.05) is 5.92 Å². The topological polar surface area (TPSA) is 42.0 Å². The van der Waals surface area contributed by atoms with Gasteiger partial charge in [0.25, 0.3) is 0 Å². The van der Waals surface area contributed by atoms with Gasteiger partial charge in [-0.1, -0.05) is 48.5 Å². The third-order valence-electron chi connectivity index (χ3n) is 5.09. The van der Waals surface area contributed by atoms with Gasteiger partial charge < -0.3 is 14.3 Å². The average molecular weight is 303 g/mol. The second kappa shape index (κ2) is 6.90. The van der Waals surface area contributed by atoms with E-state index in [0.29, 0.717) is 29.3 Å². The van der Waals surface area contributed by atoms with Gasteiger partial charge in [-0.3, -0.25) is 0 Å². The van der Waals surface area contributed by atoms with E-state index in [2.05, 4.69) is 55.4 Å². The van der Waals surface area contributed by atoms with E-state index >= 15 is 0 Å². The lowest BCUT2D eigenvalue weighted by atomic mass is 10.00. The lowest BCUT2D eigenvalue weighted by molar-refractivity contribution is 0.0455. The van der Waals surface area contributed by atoms with Gasteiger partial charge in [0.15, 0.2) is 8.32 Å². The molecule has 3 nitrogen and oxygen atoms in total. The molecule has 0 aliphatic carbocycles. The van der Waals surface area contributed by atoms with E-state index in [4.69, 9.17) is 9.16 Å². The molecule has 0 radical (unpaired) electrons. The summed E-state index contributed by atoms with van der Waals surface area (Å²) < 4.78 is 11.9. The molecule has 0 unspecified atom stereocenters. The van der Waals surface area contributed by atoms with Crippen molar-refractivity contribution in [3.63, 3.8) is 0 Å². The zero-order chi connectivity index (χ0) is 15.7. The van der Waals surface area contributed by atoms with Crippen LogP contribution in [-0.4, -0.2) is 38.3 Å². The fraction of sp³-hybridized carbons (Fsp3) is 1.00. The Labute approximate surface area is 126 Å². The summed E-state index contributed by atoms with van der Waals surface area (Å²) in [6.07, 6.45) is 0.0804. The molecule has 4 atom stereocenters. The fourth-order valence-corrected chi connectivity index (χ4v) is 9.31. The molecule has 0 saturated carbocycles. The summed E-state index contributed by atoms with van der Waals surface area (Å²) in [5.41, 5.74) is 1.67. The summed E-state index contributed by atoms with van der Waals surface area (Å²) in [4.78, 5) is 0. The first-order valence-corrected chi connectivity index (χ1v) is 10.3. The highest BCUT2D eigenvalue weighted by Crippen LogP contribution is 2.42. The van der Waals surface area contributed by atoms with Crippen molar-refractivity contribution in [2.75, 3.05) is 6.61 Å². The minimum atomic E-state index is -1.87. The molecule has 20 heavy (non-hydrogen) atoms. The quantitative estimate of drug-likeness (QED) is 0.545. The van der Waals surface area contributed by atoms with E-state index in [1.807, 2.05) is 0 Å². The zero-order valence-electron chi connectivity index (χ0n) is 14.5. The van der Waals surface area contributed by atoms with Crippen LogP contribution in [0.5, 0.6) is 0 Å². The largest absolute Gasteiger partial charge is 0.413 e. The van der Waals surface area contributed by atoms with Crippen LogP contribution in [0.2, 0.25) is 16.6 Å². The molecule has 0 amide bonds. The van der Waals surface area contributed by atoms with Crippen LogP contribution in [0.15, 0.2) is 0 Å². The highest BCUT2D eigenvalue weighted by atomic mass is 28.4. The Balaban J connectivity index is 2.66. The van der Waals surface area contributed by atoms with Crippen LogP contribution in [0.1, 0.15) is 55.4 Å². The molecule has 0 bridgehead atoms. The molecule has 1 rings (SSSR count). The number of aliphatic hydroxyl groups is 1. The van der Waals surface area contributed by atoms with Crippen LogP contribution in [0.25, 0.3) is 0 Å². The lowest BCUT2D eigenvalue weighted by Gasteiger charge is -2.43. The van der Waals surface area contributed by atoms with Gasteiger partial charge in [-0.05, 0) is 23.5 Å². The van der Waals surface area contributed by atoms with Crippen LogP contribution < -0.4 is 0 Å². The monoisotopic (exact) mass is 302 g/mol. The summed E-state index contributed by atoms with van der Waals surface area (Å²) in [6, 6.07) is 0. The van der Waals surface area contributed by atoms with Crippen LogP contribution in [-0.2, 0) is 9.16 Å². The smallest absolute Gasteiger partial charge is 0.200 e. The van der Waals surface area contributed by atoms with Crippen molar-refractivity contribution in [1.82, 2.24) is 0 Å². The minimum absolute atomic E-state index is 0.156. The molecular formula is C16H34O3Si. The number of epoxide rings is 1. The van der Waals surface area contributed by atoms with Crippen LogP contribution in [0.3, 0.4) is 0 Å². The summed E-state index contributed by atoms with van der Waals surface area (Å²) in [6.45, 7) is 18.2. The van der Waals surface area contributed by atoms with Gasteiger partial charge in [0.2, 0.25) is 0 Å². The van der Waals surface area contributed by atoms with Crippen molar-refractivity contribution in [1.29, 1.82) is 0 Å². The van der Waals surface area contributed by atoms with Gasteiger partial charge in [0.1, 0.15) is 0 Å². The number of hydrogen-bond acceptors (Lipinski definition) is 3. The summed E-state index contributed by atoms with van der Waals surface area (Å²) in [7, 11) is -1.87. The summed E-state index contributed by atoms with van der Waals surface area (Å²) in [5.74, 6) is 0.156. The van der Waals surface area contributed by atoms with E-state index in [9.17, 15) is 5.11 Å². The Morgan fingerprint density at radius 2 is 1.40 bits per heavy atom. The molecule has 4 heteroatoms. The van der Waals surface area contributed by atoms with E-state index < -0.39 is 14.4 Å². The normalized spacial score (nSPS) is 26.4. The molecule has 1 heterocycles. The van der Waals surface area contributed by atoms with E-state index in [1.54, 1.807) is 0 Å². The first kappa shape index (κ1) is 18.1. The number of hydrogen-bond donors (Lipinski definition) is 1. The number of rotatable bonds is 8. The minimum Gasteiger partial charge on any atom is -0.413 e. The molecule has 1 aliphatic rings. The molecule has 1 saturated heterocycles. The fourth-order valence-electron chi connectivity index (χ4n) is 3.85. The third kappa shape index (κ3) is 3.64. The molecule has 1 N–H and O–H groups in total. The summed E-state index contributed by atoms with van der Waals surface area (Å²) >= 11 is 0. The molecular weight excluding hydrogens is 268 g/mol. The standard InChI is InChI=1S/C16H34O3Si/c1-10(2)20(11(3)4,12(5)6)18-9-15(17)13(7)16-14(8)19-16/h10-17H,9H2,1-8H3/t13-,14-,15+,16-/m1/s1. The lowest BCUT2D eigenvalue weighted by Crippen LogP contribution is -2.49. The van der Waals surface area contributed by atoms with Gasteiger partial charge in [0.05, 0.1) is 24.9 Å². The van der Waals surface area contributed by atoms with Gasteiger partial charge in [-0.15, -0.1) is 0 Å². The second-order valence-electron chi connectivity index (χ2n) is 7.36. The molecule has 1 aliphatic heterocycles. The Bertz CT molecular complexity index is 282. The molecule has 0 aromatic carbocycles. The van der Waals surface area contributed by atoms with Gasteiger partial charge in [-0.2, -0.15) is 0 Å². The summed E-state index contributed by atoms with van der Waals surface area (Å²) in [5, 5.41) is 10.4. The first-order valence-electron chi connectivity index (χ1n) is 8.12. The third-order valence-corrected chi connectivity index (χ3v) is 11.2. The van der Waals surface area contributed by atoms with Crippen LogP contribution in [0, 0.1) is 5.92 Å². The van der Waals surface area contributed by atoms with Crippen LogP contribution in [0.4, 0.5) is 0 Å². The predicted octanol–water partition coefficient (Wildman–Crippen LogP) is 3.96. The van der Waals surface area contributed by atoms with Gasteiger partial charge >= 0.3 is 0 Å². The molecule has 0 aromatic rings. The highest BCUT2D eigenvalue weighted by molar-refractivity contribution is 6.77. The second-order valence-corrected chi connectivity index (χ2v) is 12.8. The maximum atomic E-state index is 10.4. The van der Waals surface area contributed by atoms with E-state index in [0.717, 1.165) is 0 Å². The Hall–Kier alpha value is 0.0969. The average Bonchev–Trinajstić information content (AvgIpc) is 3.04. The van der Waals surface area contributed by atoms with Crippen molar-refractivity contribution < 1.29 is 14.3 Å². The molecule has 0 aromatic heterocycles. The predicted molar refractivity (Wildman–Crippen MR) is 86.5 cm³/mol. The maximum Gasteiger partial charge on any atom is 0.200 e. The Morgan fingerprint density at radius 3 is 1.70 bits per heavy atom. The van der Waals surface area contributed by atoms with Crippen molar-refractivity contribution in [2.45, 2.75) is 90.3 Å². The number of ether oxygens (including phenoxy) is 1. The Morgan fingerprint density at radius 1 is 1.00 bits per heavy atom. The maximum absolute atomic E-state index is 10.4. The Kier molecular flexibility index (Phi) is 6.26. The van der Waals surface area contributed by atoms with E-state index in [-0.39, 0.29) is 12.0 Å². The molecule has 1 fully saturated rings. The highest BCUT2D eigenvalue weighted by Gasteiger charge is 2.47. The first-order chi connectivity index (χ1) is 9.14. The SMILES string of the molecule is CC(C)[Si](OC[C@H](O)[C@@H](C)[C@H]1O[C@@H]1C)(C(C)C)C(C)C.